The van der Waals surface area contributed by atoms with E-state index in [1.54, 1.807) is 6.07 Å². The van der Waals surface area contributed by atoms with Gasteiger partial charge in [-0.2, -0.15) is 0 Å². The lowest BCUT2D eigenvalue weighted by Gasteiger charge is -2.34. The van der Waals surface area contributed by atoms with Gasteiger partial charge in [0.05, 0.1) is 10.6 Å². The van der Waals surface area contributed by atoms with Gasteiger partial charge in [0.25, 0.3) is 5.69 Å². The van der Waals surface area contributed by atoms with Crippen LogP contribution >= 0.6 is 11.6 Å². The average Bonchev–Trinajstić information content (AvgIpc) is 2.32. The Labute approximate surface area is 110 Å². The number of nitro groups is 1. The highest BCUT2D eigenvalue weighted by Crippen LogP contribution is 2.35. The van der Waals surface area contributed by atoms with Crippen LogP contribution in [-0.4, -0.2) is 43.0 Å². The van der Waals surface area contributed by atoms with Crippen molar-refractivity contribution < 1.29 is 4.92 Å². The van der Waals surface area contributed by atoms with Gasteiger partial charge < -0.3 is 15.5 Å². The highest BCUT2D eigenvalue weighted by molar-refractivity contribution is 6.31. The highest BCUT2D eigenvalue weighted by Gasteiger charge is 2.22. The molecule has 0 unspecified atom stereocenters. The van der Waals surface area contributed by atoms with E-state index in [0.717, 1.165) is 26.2 Å². The van der Waals surface area contributed by atoms with Crippen molar-refractivity contribution in [1.29, 1.82) is 0 Å². The molecule has 1 fully saturated rings. The fraction of sp³-hybridized carbons (Fsp3) is 0.455. The molecule has 0 amide bonds. The van der Waals surface area contributed by atoms with Gasteiger partial charge in [0, 0.05) is 37.3 Å². The number of hydrogen-bond donors (Lipinski definition) is 1. The molecule has 0 bridgehead atoms. The summed E-state index contributed by atoms with van der Waals surface area (Å²) in [6.07, 6.45) is 0. The summed E-state index contributed by atoms with van der Waals surface area (Å²) in [5, 5.41) is 11.2. The summed E-state index contributed by atoms with van der Waals surface area (Å²) in [6, 6.07) is 2.98. The predicted octanol–water partition coefficient (Wildman–Crippen LogP) is 1.58. The molecule has 1 aromatic carbocycles. The number of nitrogens with zero attached hydrogens (tertiary/aromatic N) is 3. The third kappa shape index (κ3) is 2.49. The first-order valence-electron chi connectivity index (χ1n) is 5.66. The Morgan fingerprint density at radius 1 is 1.33 bits per heavy atom. The summed E-state index contributed by atoms with van der Waals surface area (Å²) in [4.78, 5) is 14.6. The topological polar surface area (TPSA) is 75.6 Å². The molecule has 0 saturated carbocycles. The third-order valence-electron chi connectivity index (χ3n) is 3.14. The van der Waals surface area contributed by atoms with Crippen LogP contribution in [-0.2, 0) is 0 Å². The Balaban J connectivity index is 2.35. The zero-order valence-electron chi connectivity index (χ0n) is 10.1. The maximum atomic E-state index is 10.9. The monoisotopic (exact) mass is 270 g/mol. The molecule has 18 heavy (non-hydrogen) atoms. The van der Waals surface area contributed by atoms with Crippen molar-refractivity contribution in [2.75, 3.05) is 43.9 Å². The molecule has 1 aromatic rings. The lowest BCUT2D eigenvalue weighted by molar-refractivity contribution is -0.383. The molecular weight excluding hydrogens is 256 g/mol. The molecule has 0 spiro atoms. The Morgan fingerprint density at radius 2 is 1.94 bits per heavy atom. The van der Waals surface area contributed by atoms with E-state index in [0.29, 0.717) is 10.7 Å². The molecule has 7 heteroatoms. The van der Waals surface area contributed by atoms with E-state index in [1.165, 1.54) is 6.07 Å². The van der Waals surface area contributed by atoms with E-state index in [-0.39, 0.29) is 11.4 Å². The molecular formula is C11H15ClN4O2. The number of nitrogens with two attached hydrogens (primary N) is 1. The fourth-order valence-electron chi connectivity index (χ4n) is 2.05. The first-order chi connectivity index (χ1) is 8.49. The van der Waals surface area contributed by atoms with Crippen LogP contribution in [0.15, 0.2) is 12.1 Å². The smallest absolute Gasteiger partial charge is 0.295 e. The quantitative estimate of drug-likeness (QED) is 0.502. The number of nitro benzene ring substituents is 1. The van der Waals surface area contributed by atoms with Crippen molar-refractivity contribution in [3.8, 4) is 0 Å². The fourth-order valence-corrected chi connectivity index (χ4v) is 2.26. The second kappa shape index (κ2) is 4.99. The first kappa shape index (κ1) is 12.9. The van der Waals surface area contributed by atoms with Gasteiger partial charge in [0.15, 0.2) is 0 Å². The number of anilines is 2. The van der Waals surface area contributed by atoms with Gasteiger partial charge in [-0.1, -0.05) is 11.6 Å². The van der Waals surface area contributed by atoms with Crippen molar-refractivity contribution in [2.24, 2.45) is 0 Å². The first-order valence-corrected chi connectivity index (χ1v) is 6.03. The number of likely N-dealkylation sites (N-methyl/N-ethyl adjacent to an activating group) is 1. The normalized spacial score (nSPS) is 16.9. The van der Waals surface area contributed by atoms with Crippen molar-refractivity contribution in [3.63, 3.8) is 0 Å². The standard InChI is InChI=1S/C11H15ClN4O2/c1-14-2-4-15(5-3-14)9-6-8(12)7-10(11(9)13)16(17)18/h6-7H,2-5,13H2,1H3. The van der Waals surface area contributed by atoms with Gasteiger partial charge in [-0.25, -0.2) is 0 Å². The molecule has 1 saturated heterocycles. The van der Waals surface area contributed by atoms with E-state index in [9.17, 15) is 10.1 Å². The third-order valence-corrected chi connectivity index (χ3v) is 3.36. The Bertz CT molecular complexity index is 472. The number of hydrogen-bond acceptors (Lipinski definition) is 5. The lowest BCUT2D eigenvalue weighted by atomic mass is 10.2. The van der Waals surface area contributed by atoms with Crippen molar-refractivity contribution in [2.45, 2.75) is 0 Å². The van der Waals surface area contributed by atoms with Crippen molar-refractivity contribution in [3.05, 3.63) is 27.3 Å². The van der Waals surface area contributed by atoms with E-state index in [4.69, 9.17) is 17.3 Å². The van der Waals surface area contributed by atoms with E-state index in [2.05, 4.69) is 4.90 Å². The largest absolute Gasteiger partial charge is 0.391 e. The van der Waals surface area contributed by atoms with Crippen LogP contribution in [0.4, 0.5) is 17.1 Å². The number of nitrogen functional groups attached to an aromatic ring is 1. The second-order valence-electron chi connectivity index (χ2n) is 4.41. The van der Waals surface area contributed by atoms with Gasteiger partial charge in [0.2, 0.25) is 0 Å². The Hall–Kier alpha value is -1.53. The van der Waals surface area contributed by atoms with Crippen LogP contribution in [0.2, 0.25) is 5.02 Å². The second-order valence-corrected chi connectivity index (χ2v) is 4.84. The highest BCUT2D eigenvalue weighted by atomic mass is 35.5. The number of piperazine rings is 1. The Morgan fingerprint density at radius 3 is 2.50 bits per heavy atom. The van der Waals surface area contributed by atoms with Crippen LogP contribution in [0.5, 0.6) is 0 Å². The SMILES string of the molecule is CN1CCN(c2cc(Cl)cc([N+](=O)[O-])c2N)CC1. The molecule has 1 heterocycles. The average molecular weight is 271 g/mol. The van der Waals surface area contributed by atoms with Crippen molar-refractivity contribution >= 4 is 28.7 Å². The zero-order valence-corrected chi connectivity index (χ0v) is 10.9. The molecule has 6 nitrogen and oxygen atoms in total. The Kier molecular flexibility index (Phi) is 3.58. The molecule has 2 rings (SSSR count). The van der Waals surface area contributed by atoms with Crippen LogP contribution in [0.3, 0.4) is 0 Å². The van der Waals surface area contributed by atoms with Crippen LogP contribution in [0.1, 0.15) is 0 Å². The summed E-state index contributed by atoms with van der Waals surface area (Å²) < 4.78 is 0. The minimum Gasteiger partial charge on any atom is -0.391 e. The maximum Gasteiger partial charge on any atom is 0.295 e. The van der Waals surface area contributed by atoms with Crippen LogP contribution in [0, 0.1) is 10.1 Å². The van der Waals surface area contributed by atoms with Crippen LogP contribution in [0.25, 0.3) is 0 Å². The molecule has 1 aliphatic heterocycles. The van der Waals surface area contributed by atoms with Gasteiger partial charge in [-0.15, -0.1) is 0 Å². The molecule has 0 radical (unpaired) electrons. The molecule has 0 atom stereocenters. The molecule has 2 N–H and O–H groups in total. The summed E-state index contributed by atoms with van der Waals surface area (Å²) in [7, 11) is 2.04. The van der Waals surface area contributed by atoms with Gasteiger partial charge in [-0.05, 0) is 13.1 Å². The number of benzene rings is 1. The van der Waals surface area contributed by atoms with E-state index < -0.39 is 4.92 Å². The van der Waals surface area contributed by atoms with Gasteiger partial charge >= 0.3 is 0 Å². The summed E-state index contributed by atoms with van der Waals surface area (Å²) in [6.45, 7) is 3.38. The summed E-state index contributed by atoms with van der Waals surface area (Å²) in [5.41, 5.74) is 6.58. The molecule has 98 valence electrons. The minimum atomic E-state index is -0.499. The number of halogens is 1. The zero-order chi connectivity index (χ0) is 13.3. The predicted molar refractivity (Wildman–Crippen MR) is 72.2 cm³/mol. The molecule has 1 aliphatic rings. The summed E-state index contributed by atoms with van der Waals surface area (Å²) in [5.74, 6) is 0. The van der Waals surface area contributed by atoms with E-state index >= 15 is 0 Å². The van der Waals surface area contributed by atoms with Crippen molar-refractivity contribution in [1.82, 2.24) is 4.90 Å². The van der Waals surface area contributed by atoms with Gasteiger partial charge in [-0.3, -0.25) is 10.1 Å². The van der Waals surface area contributed by atoms with Gasteiger partial charge in [0.1, 0.15) is 5.69 Å². The summed E-state index contributed by atoms with van der Waals surface area (Å²) >= 11 is 5.92. The molecule has 0 aliphatic carbocycles. The number of rotatable bonds is 2. The van der Waals surface area contributed by atoms with E-state index in [1.807, 2.05) is 11.9 Å². The molecule has 0 aromatic heterocycles. The van der Waals surface area contributed by atoms with Crippen LogP contribution < -0.4 is 10.6 Å². The minimum absolute atomic E-state index is 0.128. The maximum absolute atomic E-state index is 10.9. The lowest BCUT2D eigenvalue weighted by Crippen LogP contribution is -2.44.